The van der Waals surface area contributed by atoms with Crippen molar-refractivity contribution in [1.82, 2.24) is 29.6 Å². The molecule has 0 atom stereocenters. The highest BCUT2D eigenvalue weighted by molar-refractivity contribution is 5.77. The summed E-state index contributed by atoms with van der Waals surface area (Å²) in [6, 6.07) is 11.8. The maximum Gasteiger partial charge on any atom is 0.278 e. The Morgan fingerprint density at radius 1 is 1.14 bits per heavy atom. The molecule has 2 aliphatic heterocycles. The maximum absolute atomic E-state index is 13.3. The number of fused-ring (bicyclic) bond motifs is 2. The van der Waals surface area contributed by atoms with E-state index < -0.39 is 5.60 Å². The van der Waals surface area contributed by atoms with E-state index in [0.29, 0.717) is 28.5 Å². The second-order valence-electron chi connectivity index (χ2n) is 9.56. The molecule has 0 unspecified atom stereocenters. The number of aliphatic hydroxyl groups is 1. The summed E-state index contributed by atoms with van der Waals surface area (Å²) in [5, 5.41) is 17.9. The van der Waals surface area contributed by atoms with Crippen molar-refractivity contribution in [3.05, 3.63) is 69.8 Å². The summed E-state index contributed by atoms with van der Waals surface area (Å²) in [6.07, 6.45) is 4.42. The van der Waals surface area contributed by atoms with Crippen molar-refractivity contribution in [2.75, 3.05) is 25.1 Å². The van der Waals surface area contributed by atoms with Crippen molar-refractivity contribution in [1.29, 1.82) is 0 Å². The van der Waals surface area contributed by atoms with Crippen LogP contribution in [0, 0.1) is 0 Å². The maximum atomic E-state index is 13.3. The van der Waals surface area contributed by atoms with Crippen LogP contribution in [-0.2, 0) is 23.3 Å². The van der Waals surface area contributed by atoms with Gasteiger partial charge >= 0.3 is 0 Å². The number of hydrogen-bond donors (Lipinski definition) is 3. The van der Waals surface area contributed by atoms with E-state index in [1.54, 1.807) is 21.6 Å². The van der Waals surface area contributed by atoms with E-state index in [1.165, 1.54) is 11.1 Å². The molecule has 10 heteroatoms. The zero-order chi connectivity index (χ0) is 23.6. The Labute approximate surface area is 200 Å². The van der Waals surface area contributed by atoms with Crippen molar-refractivity contribution in [2.45, 2.75) is 37.5 Å². The fourth-order valence-electron chi connectivity index (χ4n) is 4.86. The molecule has 1 saturated carbocycles. The second-order valence-corrected chi connectivity index (χ2v) is 9.56. The largest absolute Gasteiger partial charge is 0.379 e. The van der Waals surface area contributed by atoms with Gasteiger partial charge in [-0.2, -0.15) is 4.98 Å². The molecule has 2 fully saturated rings. The van der Waals surface area contributed by atoms with Crippen LogP contribution in [0.2, 0.25) is 0 Å². The minimum Gasteiger partial charge on any atom is -0.379 e. The van der Waals surface area contributed by atoms with E-state index in [-0.39, 0.29) is 24.8 Å². The van der Waals surface area contributed by atoms with Crippen LogP contribution in [0.25, 0.3) is 16.9 Å². The molecule has 3 aromatic heterocycles. The van der Waals surface area contributed by atoms with Gasteiger partial charge in [0.2, 0.25) is 5.95 Å². The molecule has 178 valence electrons. The molecule has 3 aliphatic rings. The van der Waals surface area contributed by atoms with Crippen molar-refractivity contribution in [2.24, 2.45) is 0 Å². The van der Waals surface area contributed by atoms with Crippen molar-refractivity contribution < 1.29 is 9.84 Å². The first kappa shape index (κ1) is 20.7. The highest BCUT2D eigenvalue weighted by Gasteiger charge is 2.40. The third-order valence-corrected chi connectivity index (χ3v) is 6.97. The summed E-state index contributed by atoms with van der Waals surface area (Å²) in [6.45, 7) is 2.26. The van der Waals surface area contributed by atoms with E-state index in [2.05, 4.69) is 27.8 Å². The van der Waals surface area contributed by atoms with E-state index in [0.717, 1.165) is 38.0 Å². The zero-order valence-corrected chi connectivity index (χ0v) is 19.1. The topological polar surface area (TPSA) is 119 Å². The number of anilines is 2. The molecule has 3 N–H and O–H groups in total. The summed E-state index contributed by atoms with van der Waals surface area (Å²) in [5.74, 6) is 0.947. The highest BCUT2D eigenvalue weighted by atomic mass is 16.5. The molecule has 4 aromatic rings. The summed E-state index contributed by atoms with van der Waals surface area (Å²) >= 11 is 0. The van der Waals surface area contributed by atoms with Crippen molar-refractivity contribution in [3.8, 4) is 5.82 Å². The van der Waals surface area contributed by atoms with Crippen LogP contribution in [0.1, 0.15) is 35.7 Å². The molecule has 7 rings (SSSR count). The fraction of sp³-hybridized carbons (Fsp3) is 0.360. The number of nitrogens with one attached hydrogen (secondary N) is 2. The summed E-state index contributed by atoms with van der Waals surface area (Å²) < 4.78 is 8.70. The lowest BCUT2D eigenvalue weighted by Crippen LogP contribution is -2.47. The van der Waals surface area contributed by atoms with E-state index >= 15 is 0 Å². The number of pyridine rings is 1. The van der Waals surface area contributed by atoms with Crippen LogP contribution in [0.5, 0.6) is 0 Å². The Morgan fingerprint density at radius 3 is 2.83 bits per heavy atom. The lowest BCUT2D eigenvalue weighted by molar-refractivity contribution is -0.186. The first-order valence-corrected chi connectivity index (χ1v) is 12.0. The molecule has 5 heterocycles. The van der Waals surface area contributed by atoms with Crippen LogP contribution < -0.4 is 16.2 Å². The molecular formula is C25H25N7O3. The average Bonchev–Trinajstić information content (AvgIpc) is 3.66. The molecule has 1 saturated heterocycles. The molecule has 0 amide bonds. The lowest BCUT2D eigenvalue weighted by atomic mass is 9.97. The number of hydrogen-bond acceptors (Lipinski definition) is 8. The van der Waals surface area contributed by atoms with Crippen LogP contribution in [-0.4, -0.2) is 49.2 Å². The quantitative estimate of drug-likeness (QED) is 0.404. The standard InChI is InChI=1S/C25H25N7O3/c33-23-19-12-27-24(28-17-5-4-16-11-26-9-8-15(16)10-17)30-22(19)32(31(23)18-6-7-18)21-3-1-2-20(29-21)25(34)13-35-14-25/h1-5,10,12,18,26,34H,6-9,11,13-14H2,(H,27,28,30). The minimum absolute atomic E-state index is 0.0999. The third kappa shape index (κ3) is 3.44. The minimum atomic E-state index is -1.10. The Bertz CT molecular complexity index is 1520. The van der Waals surface area contributed by atoms with Gasteiger partial charge in [-0.15, -0.1) is 0 Å². The number of rotatable bonds is 5. The third-order valence-electron chi connectivity index (χ3n) is 6.97. The van der Waals surface area contributed by atoms with Crippen LogP contribution in [0.4, 0.5) is 11.6 Å². The van der Waals surface area contributed by atoms with E-state index in [1.807, 2.05) is 18.2 Å². The molecule has 10 nitrogen and oxygen atoms in total. The Balaban J connectivity index is 1.33. The van der Waals surface area contributed by atoms with Gasteiger partial charge in [0, 0.05) is 18.4 Å². The van der Waals surface area contributed by atoms with E-state index in [9.17, 15) is 9.90 Å². The lowest BCUT2D eigenvalue weighted by Gasteiger charge is -2.35. The van der Waals surface area contributed by atoms with Crippen LogP contribution in [0.3, 0.4) is 0 Å². The fourth-order valence-corrected chi connectivity index (χ4v) is 4.86. The highest BCUT2D eigenvalue weighted by Crippen LogP contribution is 2.36. The predicted octanol–water partition coefficient (Wildman–Crippen LogP) is 1.92. The summed E-state index contributed by atoms with van der Waals surface area (Å²) in [7, 11) is 0. The Hall–Kier alpha value is -3.60. The number of nitrogens with zero attached hydrogens (tertiary/aromatic N) is 5. The Kier molecular flexibility index (Phi) is 4.57. The Morgan fingerprint density at radius 2 is 2.03 bits per heavy atom. The molecule has 0 radical (unpaired) electrons. The number of benzene rings is 1. The van der Waals surface area contributed by atoms with Gasteiger partial charge in [-0.25, -0.2) is 19.3 Å². The van der Waals surface area contributed by atoms with Gasteiger partial charge in [-0.1, -0.05) is 12.1 Å². The number of ether oxygens (including phenoxy) is 1. The van der Waals surface area contributed by atoms with Gasteiger partial charge < -0.3 is 20.5 Å². The first-order chi connectivity index (χ1) is 17.1. The van der Waals surface area contributed by atoms with Gasteiger partial charge in [0.1, 0.15) is 5.39 Å². The predicted molar refractivity (Wildman–Crippen MR) is 129 cm³/mol. The molecule has 1 aromatic carbocycles. The second kappa shape index (κ2) is 7.70. The summed E-state index contributed by atoms with van der Waals surface area (Å²) in [5.41, 5.74) is 3.30. The normalized spacial score (nSPS) is 18.8. The smallest absolute Gasteiger partial charge is 0.278 e. The van der Waals surface area contributed by atoms with Gasteiger partial charge in [-0.05, 0) is 61.2 Å². The SMILES string of the molecule is O=c1c2cnc(Nc3ccc4c(c3)CCNC4)nc2n(-c2cccc(C3(O)COC3)n2)n1C1CC1. The van der Waals surface area contributed by atoms with Gasteiger partial charge in [0.25, 0.3) is 5.56 Å². The molecule has 1 aliphatic carbocycles. The van der Waals surface area contributed by atoms with Gasteiger partial charge in [-0.3, -0.25) is 4.79 Å². The molecular weight excluding hydrogens is 446 g/mol. The number of aromatic nitrogens is 5. The summed E-state index contributed by atoms with van der Waals surface area (Å²) in [4.78, 5) is 27.2. The van der Waals surface area contributed by atoms with Crippen molar-refractivity contribution >= 4 is 22.7 Å². The zero-order valence-electron chi connectivity index (χ0n) is 19.1. The van der Waals surface area contributed by atoms with Crippen LogP contribution in [0.15, 0.2) is 47.4 Å². The first-order valence-electron chi connectivity index (χ1n) is 12.0. The van der Waals surface area contributed by atoms with Gasteiger partial charge in [0.05, 0.1) is 24.9 Å². The van der Waals surface area contributed by atoms with E-state index in [4.69, 9.17) is 14.7 Å². The molecule has 0 bridgehead atoms. The van der Waals surface area contributed by atoms with Gasteiger partial charge in [0.15, 0.2) is 17.1 Å². The van der Waals surface area contributed by atoms with Crippen molar-refractivity contribution in [3.63, 3.8) is 0 Å². The average molecular weight is 472 g/mol. The monoisotopic (exact) mass is 471 g/mol. The van der Waals surface area contributed by atoms with Crippen LogP contribution >= 0.6 is 0 Å². The molecule has 0 spiro atoms. The molecule has 35 heavy (non-hydrogen) atoms.